The molecule has 0 spiro atoms. The zero-order valence-corrected chi connectivity index (χ0v) is 14.4. The third kappa shape index (κ3) is 3.74. The van der Waals surface area contributed by atoms with E-state index < -0.39 is 5.25 Å². The summed E-state index contributed by atoms with van der Waals surface area (Å²) in [6.07, 6.45) is 5.56. The van der Waals surface area contributed by atoms with Crippen LogP contribution < -0.4 is 9.47 Å². The maximum absolute atomic E-state index is 12.2. The number of amides is 2. The van der Waals surface area contributed by atoms with Crippen molar-refractivity contribution in [1.29, 1.82) is 0 Å². The number of carbonyl (C=O) groups is 2. The van der Waals surface area contributed by atoms with E-state index in [4.69, 9.17) is 27.5 Å². The Balaban J connectivity index is 2.21. The van der Waals surface area contributed by atoms with Crippen molar-refractivity contribution in [3.8, 4) is 23.8 Å². The Kier molecular flexibility index (Phi) is 5.80. The summed E-state index contributed by atoms with van der Waals surface area (Å²) in [5, 5.41) is -0.307. The van der Waals surface area contributed by atoms with E-state index in [0.29, 0.717) is 29.5 Å². The number of rotatable bonds is 6. The van der Waals surface area contributed by atoms with E-state index in [1.165, 1.54) is 12.0 Å². The van der Waals surface area contributed by atoms with E-state index in [1.54, 1.807) is 19.1 Å². The molecular weight excluding hydrogens is 338 g/mol. The molecule has 1 atom stereocenters. The number of hydrogen-bond acceptors (Lipinski definition) is 5. The predicted octanol–water partition coefficient (Wildman–Crippen LogP) is 2.99. The number of terminal acetylenes is 1. The van der Waals surface area contributed by atoms with Crippen molar-refractivity contribution in [3.63, 3.8) is 0 Å². The number of nitrogens with zero attached hydrogens (tertiary/aromatic N) is 1. The van der Waals surface area contributed by atoms with Gasteiger partial charge in [-0.2, -0.15) is 0 Å². The van der Waals surface area contributed by atoms with Crippen LogP contribution in [0.4, 0.5) is 4.79 Å². The lowest BCUT2D eigenvalue weighted by molar-refractivity contribution is -0.126. The van der Waals surface area contributed by atoms with Gasteiger partial charge in [-0.05, 0) is 31.0 Å². The van der Waals surface area contributed by atoms with Gasteiger partial charge in [-0.25, -0.2) is 0 Å². The molecule has 0 N–H and O–H groups in total. The summed E-state index contributed by atoms with van der Waals surface area (Å²) < 4.78 is 10.6. The molecule has 1 aliphatic rings. The number of benzene rings is 1. The van der Waals surface area contributed by atoms with E-state index in [9.17, 15) is 9.59 Å². The van der Waals surface area contributed by atoms with Crippen LogP contribution in [0.1, 0.15) is 12.5 Å². The van der Waals surface area contributed by atoms with Crippen LogP contribution in [0.5, 0.6) is 11.5 Å². The van der Waals surface area contributed by atoms with Crippen molar-refractivity contribution >= 4 is 34.5 Å². The van der Waals surface area contributed by atoms with Crippen LogP contribution in [0.3, 0.4) is 0 Å². The largest absolute Gasteiger partial charge is 0.493 e. The summed E-state index contributed by atoms with van der Waals surface area (Å²) in [5.74, 6) is 3.00. The van der Waals surface area contributed by atoms with Crippen LogP contribution in [0.25, 0.3) is 0 Å². The minimum atomic E-state index is -0.444. The molecule has 0 aliphatic carbocycles. The first kappa shape index (κ1) is 17.5. The second-order valence-electron chi connectivity index (χ2n) is 4.76. The molecule has 2 rings (SSSR count). The van der Waals surface area contributed by atoms with Crippen LogP contribution in [-0.2, 0) is 11.2 Å². The molecule has 1 aliphatic heterocycles. The molecule has 1 fully saturated rings. The summed E-state index contributed by atoms with van der Waals surface area (Å²) in [5.41, 5.74) is 0.788. The molecule has 1 heterocycles. The highest BCUT2D eigenvalue weighted by atomic mass is 35.5. The van der Waals surface area contributed by atoms with Gasteiger partial charge in [0.25, 0.3) is 5.24 Å². The number of ether oxygens (including phenoxy) is 2. The van der Waals surface area contributed by atoms with Gasteiger partial charge in [0.2, 0.25) is 5.91 Å². The summed E-state index contributed by atoms with van der Waals surface area (Å²) in [6, 6.07) is 3.44. The molecule has 0 bridgehead atoms. The fourth-order valence-corrected chi connectivity index (χ4v) is 3.65. The maximum Gasteiger partial charge on any atom is 0.289 e. The Hall–Kier alpha value is -1.84. The van der Waals surface area contributed by atoms with Gasteiger partial charge in [0, 0.05) is 6.54 Å². The third-order valence-electron chi connectivity index (χ3n) is 3.33. The second kappa shape index (κ2) is 7.62. The Bertz CT molecular complexity index is 671. The minimum Gasteiger partial charge on any atom is -0.493 e. The zero-order valence-electron chi connectivity index (χ0n) is 12.8. The highest BCUT2D eigenvalue weighted by molar-refractivity contribution is 8.15. The Morgan fingerprint density at radius 1 is 1.43 bits per heavy atom. The highest BCUT2D eigenvalue weighted by Crippen LogP contribution is 2.38. The molecule has 1 saturated heterocycles. The standard InChI is InChI=1S/C16H16ClNO4S/c1-4-6-22-14-11(17)7-10(8-12(14)21-3)9-13-15(19)18(5-2)16(20)23-13/h1,7-8,13H,5-6,9H2,2-3H3/t13-/m1/s1. The number of hydrogen-bond donors (Lipinski definition) is 0. The SMILES string of the molecule is C#CCOc1c(Cl)cc(C[C@H]2SC(=O)N(CC)C2=O)cc1OC. The van der Waals surface area contributed by atoms with Crippen LogP contribution >= 0.6 is 23.4 Å². The number of methoxy groups -OCH3 is 1. The molecule has 0 saturated carbocycles. The van der Waals surface area contributed by atoms with Gasteiger partial charge in [0.1, 0.15) is 6.61 Å². The molecule has 2 amide bonds. The molecule has 5 nitrogen and oxygen atoms in total. The summed E-state index contributed by atoms with van der Waals surface area (Å²) in [4.78, 5) is 25.2. The quantitative estimate of drug-likeness (QED) is 0.736. The average Bonchev–Trinajstić information content (AvgIpc) is 2.79. The molecule has 122 valence electrons. The summed E-state index contributed by atoms with van der Waals surface area (Å²) >= 11 is 7.25. The maximum atomic E-state index is 12.2. The van der Waals surface area contributed by atoms with Crippen molar-refractivity contribution in [3.05, 3.63) is 22.7 Å². The highest BCUT2D eigenvalue weighted by Gasteiger charge is 2.38. The normalized spacial score (nSPS) is 17.3. The van der Waals surface area contributed by atoms with E-state index >= 15 is 0 Å². The van der Waals surface area contributed by atoms with E-state index in [0.717, 1.165) is 17.3 Å². The van der Waals surface area contributed by atoms with Crippen molar-refractivity contribution in [2.75, 3.05) is 20.3 Å². The lowest BCUT2D eigenvalue weighted by Gasteiger charge is -2.14. The van der Waals surface area contributed by atoms with Crippen LogP contribution in [0.2, 0.25) is 5.02 Å². The summed E-state index contributed by atoms with van der Waals surface area (Å²) in [6.45, 7) is 2.23. The average molecular weight is 354 g/mol. The van der Waals surface area contributed by atoms with Crippen molar-refractivity contribution in [1.82, 2.24) is 4.90 Å². The van der Waals surface area contributed by atoms with Crippen LogP contribution in [0, 0.1) is 12.3 Å². The monoisotopic (exact) mass is 353 g/mol. The Morgan fingerprint density at radius 2 is 2.17 bits per heavy atom. The Morgan fingerprint density at radius 3 is 2.74 bits per heavy atom. The van der Waals surface area contributed by atoms with Crippen molar-refractivity contribution < 1.29 is 19.1 Å². The van der Waals surface area contributed by atoms with Crippen LogP contribution in [0.15, 0.2) is 12.1 Å². The first-order chi connectivity index (χ1) is 11.0. The minimum absolute atomic E-state index is 0.0757. The number of imide groups is 1. The van der Waals surface area contributed by atoms with Crippen molar-refractivity contribution in [2.24, 2.45) is 0 Å². The van der Waals surface area contributed by atoms with Crippen molar-refractivity contribution in [2.45, 2.75) is 18.6 Å². The lowest BCUT2D eigenvalue weighted by Crippen LogP contribution is -2.31. The molecule has 0 radical (unpaired) electrons. The zero-order chi connectivity index (χ0) is 17.0. The first-order valence-electron chi connectivity index (χ1n) is 6.96. The number of carbonyl (C=O) groups excluding carboxylic acids is 2. The number of halogens is 1. The second-order valence-corrected chi connectivity index (χ2v) is 6.32. The predicted molar refractivity (Wildman–Crippen MR) is 90.2 cm³/mol. The molecular formula is C16H16ClNO4S. The molecule has 1 aromatic rings. The molecule has 7 heteroatoms. The fourth-order valence-electron chi connectivity index (χ4n) is 2.27. The smallest absolute Gasteiger partial charge is 0.289 e. The van der Waals surface area contributed by atoms with Crippen LogP contribution in [-0.4, -0.2) is 41.6 Å². The van der Waals surface area contributed by atoms with E-state index in [2.05, 4.69) is 5.92 Å². The lowest BCUT2D eigenvalue weighted by atomic mass is 10.1. The Labute approximate surface area is 144 Å². The molecule has 0 unspecified atom stereocenters. The van der Waals surface area contributed by atoms with Gasteiger partial charge in [-0.3, -0.25) is 14.5 Å². The number of thioether (sulfide) groups is 1. The first-order valence-corrected chi connectivity index (χ1v) is 8.22. The third-order valence-corrected chi connectivity index (χ3v) is 4.69. The van der Waals surface area contributed by atoms with Gasteiger partial charge in [-0.1, -0.05) is 29.3 Å². The topological polar surface area (TPSA) is 55.8 Å². The molecule has 23 heavy (non-hydrogen) atoms. The van der Waals surface area contributed by atoms with Gasteiger partial charge >= 0.3 is 0 Å². The van der Waals surface area contributed by atoms with Gasteiger partial charge in [-0.15, -0.1) is 6.42 Å². The van der Waals surface area contributed by atoms with Gasteiger partial charge in [0.15, 0.2) is 11.5 Å². The molecule has 1 aromatic carbocycles. The molecule has 0 aromatic heterocycles. The summed E-state index contributed by atoms with van der Waals surface area (Å²) in [7, 11) is 1.50. The van der Waals surface area contributed by atoms with E-state index in [1.807, 2.05) is 0 Å². The fraction of sp³-hybridized carbons (Fsp3) is 0.375. The van der Waals surface area contributed by atoms with Gasteiger partial charge in [0.05, 0.1) is 17.4 Å². The van der Waals surface area contributed by atoms with E-state index in [-0.39, 0.29) is 17.8 Å². The van der Waals surface area contributed by atoms with Gasteiger partial charge < -0.3 is 9.47 Å².